The van der Waals surface area contributed by atoms with E-state index in [-0.39, 0.29) is 40.9 Å². The molecule has 7 rings (SSSR count). The zero-order chi connectivity index (χ0) is 36.1. The van der Waals surface area contributed by atoms with Crippen molar-refractivity contribution >= 4 is 39.0 Å². The van der Waals surface area contributed by atoms with Crippen molar-refractivity contribution in [3.05, 3.63) is 70.3 Å². The molecule has 2 fully saturated rings. The highest BCUT2D eigenvalue weighted by molar-refractivity contribution is 7.92. The zero-order valence-electron chi connectivity index (χ0n) is 30.2. The summed E-state index contributed by atoms with van der Waals surface area (Å²) in [5, 5.41) is 11.1. The second-order valence-electron chi connectivity index (χ2n) is 16.4. The van der Waals surface area contributed by atoms with Crippen molar-refractivity contribution in [2.24, 2.45) is 34.0 Å². The minimum absolute atomic E-state index is 0.0155. The van der Waals surface area contributed by atoms with Gasteiger partial charge in [-0.05, 0) is 130 Å². The van der Waals surface area contributed by atoms with Gasteiger partial charge in [-0.1, -0.05) is 36.7 Å². The molecule has 3 aliphatic carbocycles. The summed E-state index contributed by atoms with van der Waals surface area (Å²) in [5.41, 5.74) is 2.53. The van der Waals surface area contributed by atoms with Crippen molar-refractivity contribution in [2.75, 3.05) is 37.5 Å². The van der Waals surface area contributed by atoms with Crippen LogP contribution in [-0.4, -0.2) is 65.4 Å². The number of ether oxygens (including phenoxy) is 2. The molecule has 2 heterocycles. The van der Waals surface area contributed by atoms with Gasteiger partial charge in [-0.25, -0.2) is 4.21 Å². The number of benzene rings is 2. The Bertz CT molecular complexity index is 1830. The van der Waals surface area contributed by atoms with Gasteiger partial charge in [0.25, 0.3) is 5.91 Å². The summed E-state index contributed by atoms with van der Waals surface area (Å²) in [6.45, 7) is 7.46. The highest BCUT2D eigenvalue weighted by Crippen LogP contribution is 2.47. The van der Waals surface area contributed by atoms with E-state index in [1.54, 1.807) is 27.0 Å². The standard InChI is InChI=1S/C40H52ClN3O6S/c1-25-7-5-9-35(49-4)32-13-10-28(32)21-44-23-40(16-6-8-26-19-31(41)12-14-33(26)40)24-50-36-15-11-27(20-34(36)44)37(45)42-51(48,22-25)43-38(46)29-17-30(18-29)39(2,3)47/h5,9,11-12,14-15,19-20,25,28-30,32,35,47H,6-8,10,13,16-18,21-24H2,1-4H3,(H,42,43,45,46,48)/b9-5+/t25-,28-,29?,30?,32+,35-,40-,51?/m0/s1. The van der Waals surface area contributed by atoms with E-state index in [0.29, 0.717) is 49.0 Å². The van der Waals surface area contributed by atoms with E-state index >= 15 is 0 Å². The lowest BCUT2D eigenvalue weighted by molar-refractivity contribution is -0.131. The summed E-state index contributed by atoms with van der Waals surface area (Å²) in [6, 6.07) is 11.6. The number of methoxy groups -OCH3 is 1. The molecule has 2 saturated carbocycles. The Labute approximate surface area is 307 Å². The van der Waals surface area contributed by atoms with Crippen LogP contribution in [0, 0.1) is 29.6 Å². The molecule has 276 valence electrons. The van der Waals surface area contributed by atoms with Gasteiger partial charge in [0.1, 0.15) is 15.7 Å². The number of aliphatic hydroxyl groups is 1. The van der Waals surface area contributed by atoms with Crippen LogP contribution in [0.2, 0.25) is 5.02 Å². The van der Waals surface area contributed by atoms with Crippen molar-refractivity contribution in [3.8, 4) is 5.75 Å². The highest BCUT2D eigenvalue weighted by Gasteiger charge is 2.45. The summed E-state index contributed by atoms with van der Waals surface area (Å²) in [7, 11) is -1.71. The predicted octanol–water partition coefficient (Wildman–Crippen LogP) is 6.89. The molecule has 0 aromatic heterocycles. The number of carbonyl (C=O) groups is 2. The molecule has 5 aliphatic rings. The fraction of sp³-hybridized carbons (Fsp3) is 0.600. The molecule has 1 unspecified atom stereocenters. The number of allylic oxidation sites excluding steroid dienone is 1. The fourth-order valence-electron chi connectivity index (χ4n) is 9.02. The van der Waals surface area contributed by atoms with E-state index in [1.807, 2.05) is 25.1 Å². The Balaban J connectivity index is 1.26. The lowest BCUT2D eigenvalue weighted by Crippen LogP contribution is -2.49. The number of anilines is 1. The van der Waals surface area contributed by atoms with Crippen LogP contribution < -0.4 is 14.4 Å². The quantitative estimate of drug-likeness (QED) is 0.329. The third-order valence-electron chi connectivity index (χ3n) is 12.3. The average Bonchev–Trinajstić information content (AvgIpc) is 3.17. The Hall–Kier alpha value is -2.92. The molecule has 11 heteroatoms. The molecule has 51 heavy (non-hydrogen) atoms. The van der Waals surface area contributed by atoms with Crippen LogP contribution in [0.4, 0.5) is 5.69 Å². The molecule has 2 bridgehead atoms. The van der Waals surface area contributed by atoms with Gasteiger partial charge in [0.2, 0.25) is 5.91 Å². The maximum absolute atomic E-state index is 14.5. The lowest BCUT2D eigenvalue weighted by Gasteiger charge is -2.46. The first-order valence-electron chi connectivity index (χ1n) is 18.6. The van der Waals surface area contributed by atoms with Gasteiger partial charge < -0.3 is 19.5 Å². The Kier molecular flexibility index (Phi) is 10.1. The van der Waals surface area contributed by atoms with Crippen LogP contribution >= 0.6 is 11.6 Å². The van der Waals surface area contributed by atoms with Gasteiger partial charge >= 0.3 is 0 Å². The largest absolute Gasteiger partial charge is 0.490 e. The number of nitrogens with one attached hydrogen (secondary N) is 1. The van der Waals surface area contributed by atoms with Crippen LogP contribution in [0.5, 0.6) is 5.75 Å². The number of fused-ring (bicyclic) bond motifs is 4. The minimum atomic E-state index is -3.47. The third kappa shape index (κ3) is 7.48. The van der Waals surface area contributed by atoms with Gasteiger partial charge in [0.15, 0.2) is 0 Å². The van der Waals surface area contributed by atoms with Gasteiger partial charge in [-0.15, -0.1) is 4.36 Å². The molecule has 1 spiro atoms. The summed E-state index contributed by atoms with van der Waals surface area (Å²) >= 11 is 6.46. The molecule has 2 aromatic carbocycles. The maximum atomic E-state index is 14.5. The SMILES string of the molecule is CO[C@H]1/C=C/C[C@H](C)CS(=O)(NC(=O)C2CC(C(C)(C)O)C2)=NC(=O)c2ccc3c(c2)N(C[C@@H]2CC[C@H]21)C[C@@]1(CCCc2cc(Cl)ccc21)CO3. The average molecular weight is 738 g/mol. The highest BCUT2D eigenvalue weighted by atomic mass is 35.5. The maximum Gasteiger partial charge on any atom is 0.286 e. The minimum Gasteiger partial charge on any atom is -0.490 e. The molecular formula is C40H52ClN3O6S. The molecule has 6 atom stereocenters. The van der Waals surface area contributed by atoms with E-state index in [4.69, 9.17) is 21.1 Å². The number of hydrogen-bond acceptors (Lipinski definition) is 7. The first kappa shape index (κ1) is 36.4. The fourth-order valence-corrected chi connectivity index (χ4v) is 11.2. The van der Waals surface area contributed by atoms with E-state index in [2.05, 4.69) is 38.3 Å². The van der Waals surface area contributed by atoms with Crippen molar-refractivity contribution < 1.29 is 28.4 Å². The number of aryl methyl sites for hydroxylation is 1. The molecule has 2 N–H and O–H groups in total. The molecule has 0 saturated heterocycles. The van der Waals surface area contributed by atoms with Crippen molar-refractivity contribution in [3.63, 3.8) is 0 Å². The molecule has 2 aliphatic heterocycles. The molecule has 2 aromatic rings. The van der Waals surface area contributed by atoms with Crippen LogP contribution in [-0.2, 0) is 31.3 Å². The summed E-state index contributed by atoms with van der Waals surface area (Å²) in [5.74, 6) is -0.0626. The molecule has 9 nitrogen and oxygen atoms in total. The smallest absolute Gasteiger partial charge is 0.286 e. The van der Waals surface area contributed by atoms with Crippen LogP contribution in [0.15, 0.2) is 52.9 Å². The lowest BCUT2D eigenvalue weighted by atomic mass is 9.67. The topological polar surface area (TPSA) is 118 Å². The van der Waals surface area contributed by atoms with E-state index in [9.17, 15) is 18.9 Å². The first-order valence-corrected chi connectivity index (χ1v) is 20.7. The monoisotopic (exact) mass is 737 g/mol. The third-order valence-corrected chi connectivity index (χ3v) is 14.5. The first-order chi connectivity index (χ1) is 24.3. The molecule has 2 amide bonds. The second-order valence-corrected chi connectivity index (χ2v) is 18.9. The number of amides is 2. The van der Waals surface area contributed by atoms with Gasteiger partial charge in [0, 0.05) is 42.1 Å². The summed E-state index contributed by atoms with van der Waals surface area (Å²) in [6.07, 6.45) is 10.9. The second kappa shape index (κ2) is 14.1. The Morgan fingerprint density at radius 2 is 2.00 bits per heavy atom. The van der Waals surface area contributed by atoms with Crippen LogP contribution in [0.25, 0.3) is 0 Å². The zero-order valence-corrected chi connectivity index (χ0v) is 31.8. The number of nitrogens with zero attached hydrogens (tertiary/aromatic N) is 2. The van der Waals surface area contributed by atoms with Crippen LogP contribution in [0.3, 0.4) is 0 Å². The van der Waals surface area contributed by atoms with Crippen LogP contribution in [0.1, 0.15) is 87.2 Å². The summed E-state index contributed by atoms with van der Waals surface area (Å²) < 4.78 is 34.3. The number of rotatable bonds is 4. The van der Waals surface area contributed by atoms with E-state index < -0.39 is 21.4 Å². The number of halogens is 1. The predicted molar refractivity (Wildman–Crippen MR) is 201 cm³/mol. The van der Waals surface area contributed by atoms with Gasteiger partial charge in [-0.3, -0.25) is 14.3 Å². The van der Waals surface area contributed by atoms with Gasteiger partial charge in [-0.2, -0.15) is 0 Å². The van der Waals surface area contributed by atoms with Crippen molar-refractivity contribution in [2.45, 2.75) is 89.3 Å². The number of hydrogen-bond donors (Lipinski definition) is 2. The molecule has 0 radical (unpaired) electrons. The van der Waals surface area contributed by atoms with Crippen molar-refractivity contribution in [1.29, 1.82) is 0 Å². The van der Waals surface area contributed by atoms with E-state index in [1.165, 1.54) is 11.1 Å². The van der Waals surface area contributed by atoms with Gasteiger partial charge in [0.05, 0.1) is 29.8 Å². The van der Waals surface area contributed by atoms with Crippen molar-refractivity contribution in [1.82, 2.24) is 4.72 Å². The Morgan fingerprint density at radius 1 is 1.20 bits per heavy atom. The summed E-state index contributed by atoms with van der Waals surface area (Å²) in [4.78, 5) is 29.8. The van der Waals surface area contributed by atoms with E-state index in [0.717, 1.165) is 55.9 Å². The number of carbonyl (C=O) groups excluding carboxylic acids is 2. The molecular weight excluding hydrogens is 686 g/mol. The Morgan fingerprint density at radius 3 is 2.73 bits per heavy atom. The normalized spacial score (nSPS) is 34.4.